The third kappa shape index (κ3) is 1.52. The maximum atomic E-state index is 2.32. The van der Waals surface area contributed by atoms with Crippen molar-refractivity contribution in [1.29, 1.82) is 0 Å². The minimum absolute atomic E-state index is 1.34. The van der Waals surface area contributed by atoms with E-state index < -0.39 is 0 Å². The predicted octanol–water partition coefficient (Wildman–Crippen LogP) is 3.76. The normalized spacial score (nSPS) is 23.2. The summed E-state index contributed by atoms with van der Waals surface area (Å²) in [6.45, 7) is 2.17. The van der Waals surface area contributed by atoms with Crippen LogP contribution in [0.15, 0.2) is 34.9 Å². The standard InChI is InChI=1S/C12H16/c1-10-7-8-12(9-10)11-5-3-2-4-6-11/h7-9H,2-6H2,1H3. The highest BCUT2D eigenvalue weighted by atomic mass is 14.2. The molecule has 0 N–H and O–H groups in total. The van der Waals surface area contributed by atoms with E-state index in [1.165, 1.54) is 43.3 Å². The lowest BCUT2D eigenvalue weighted by Gasteiger charge is -2.14. The van der Waals surface area contributed by atoms with Crippen LogP contribution in [0.2, 0.25) is 0 Å². The van der Waals surface area contributed by atoms with Crippen LogP contribution < -0.4 is 0 Å². The van der Waals surface area contributed by atoms with Crippen molar-refractivity contribution in [2.45, 2.75) is 39.0 Å². The molecule has 0 radical (unpaired) electrons. The third-order valence-corrected chi connectivity index (χ3v) is 2.77. The van der Waals surface area contributed by atoms with Crippen molar-refractivity contribution in [3.63, 3.8) is 0 Å². The van der Waals surface area contributed by atoms with Crippen molar-refractivity contribution in [3.8, 4) is 0 Å². The molecule has 0 nitrogen and oxygen atoms in total. The molecule has 12 heavy (non-hydrogen) atoms. The summed E-state index contributed by atoms with van der Waals surface area (Å²) < 4.78 is 0. The van der Waals surface area contributed by atoms with Gasteiger partial charge in [0.25, 0.3) is 0 Å². The Morgan fingerprint density at radius 2 is 1.75 bits per heavy atom. The average Bonchev–Trinajstić information content (AvgIpc) is 2.54. The van der Waals surface area contributed by atoms with E-state index in [9.17, 15) is 0 Å². The summed E-state index contributed by atoms with van der Waals surface area (Å²) in [7, 11) is 0. The molecule has 0 atom stereocenters. The Kier molecular flexibility index (Phi) is 2.16. The van der Waals surface area contributed by atoms with Gasteiger partial charge in [0.05, 0.1) is 0 Å². The highest BCUT2D eigenvalue weighted by Crippen LogP contribution is 2.29. The second kappa shape index (κ2) is 3.30. The molecular formula is C12H16. The molecule has 0 aromatic heterocycles. The quantitative estimate of drug-likeness (QED) is 0.506. The molecule has 0 bridgehead atoms. The van der Waals surface area contributed by atoms with Gasteiger partial charge >= 0.3 is 0 Å². The molecule has 0 heteroatoms. The van der Waals surface area contributed by atoms with Gasteiger partial charge in [-0.3, -0.25) is 0 Å². The van der Waals surface area contributed by atoms with Gasteiger partial charge in [0.15, 0.2) is 0 Å². The first-order valence-electron chi connectivity index (χ1n) is 4.95. The first kappa shape index (κ1) is 7.85. The van der Waals surface area contributed by atoms with Gasteiger partial charge in [0.2, 0.25) is 0 Å². The lowest BCUT2D eigenvalue weighted by Crippen LogP contribution is -1.95. The third-order valence-electron chi connectivity index (χ3n) is 2.77. The molecule has 64 valence electrons. The van der Waals surface area contributed by atoms with Crippen molar-refractivity contribution in [2.24, 2.45) is 0 Å². The topological polar surface area (TPSA) is 0 Å². The molecule has 1 fully saturated rings. The molecular weight excluding hydrogens is 144 g/mol. The van der Waals surface area contributed by atoms with Crippen LogP contribution in [0.5, 0.6) is 0 Å². The van der Waals surface area contributed by atoms with Crippen LogP contribution in [-0.4, -0.2) is 0 Å². The van der Waals surface area contributed by atoms with Gasteiger partial charge in [-0.2, -0.15) is 0 Å². The second-order valence-electron chi connectivity index (χ2n) is 3.84. The molecule has 0 spiro atoms. The van der Waals surface area contributed by atoms with Crippen molar-refractivity contribution < 1.29 is 0 Å². The highest BCUT2D eigenvalue weighted by molar-refractivity contribution is 5.47. The molecule has 1 saturated carbocycles. The SMILES string of the molecule is CC1=CC(=C2CCCCC2)C=C1. The van der Waals surface area contributed by atoms with E-state index >= 15 is 0 Å². The fourth-order valence-corrected chi connectivity index (χ4v) is 2.05. The lowest BCUT2D eigenvalue weighted by molar-refractivity contribution is 0.596. The Morgan fingerprint density at radius 3 is 2.33 bits per heavy atom. The van der Waals surface area contributed by atoms with Crippen molar-refractivity contribution in [2.75, 3.05) is 0 Å². The Balaban J connectivity index is 2.19. The second-order valence-corrected chi connectivity index (χ2v) is 3.84. The van der Waals surface area contributed by atoms with Gasteiger partial charge in [-0.1, -0.05) is 35.8 Å². The number of hydrogen-bond acceptors (Lipinski definition) is 0. The van der Waals surface area contributed by atoms with Gasteiger partial charge in [0, 0.05) is 0 Å². The van der Waals surface area contributed by atoms with E-state index in [0.717, 1.165) is 0 Å². The Morgan fingerprint density at radius 1 is 1.00 bits per heavy atom. The summed E-state index contributed by atoms with van der Waals surface area (Å²) in [5, 5.41) is 0. The smallest absolute Gasteiger partial charge is 0.0262 e. The van der Waals surface area contributed by atoms with E-state index in [1.54, 1.807) is 5.57 Å². The molecule has 2 rings (SSSR count). The molecule has 0 aliphatic heterocycles. The highest BCUT2D eigenvalue weighted by Gasteiger charge is 2.09. The maximum Gasteiger partial charge on any atom is -0.0262 e. The maximum absolute atomic E-state index is 2.32. The van der Waals surface area contributed by atoms with Gasteiger partial charge in [-0.15, -0.1) is 0 Å². The average molecular weight is 160 g/mol. The molecule has 0 amide bonds. The molecule has 0 unspecified atom stereocenters. The van der Waals surface area contributed by atoms with E-state index in [4.69, 9.17) is 0 Å². The van der Waals surface area contributed by atoms with Crippen LogP contribution in [0.25, 0.3) is 0 Å². The first-order chi connectivity index (χ1) is 5.86. The summed E-state index contributed by atoms with van der Waals surface area (Å²) in [4.78, 5) is 0. The summed E-state index contributed by atoms with van der Waals surface area (Å²) in [5.74, 6) is 0. The van der Waals surface area contributed by atoms with Crippen molar-refractivity contribution >= 4 is 0 Å². The zero-order chi connectivity index (χ0) is 8.39. The minimum Gasteiger partial charge on any atom is -0.0630 e. The molecule has 2 aliphatic carbocycles. The minimum atomic E-state index is 1.34. The monoisotopic (exact) mass is 160 g/mol. The summed E-state index contributed by atoms with van der Waals surface area (Å²) in [6, 6.07) is 0. The fraction of sp³-hybridized carbons (Fsp3) is 0.500. The van der Waals surface area contributed by atoms with E-state index in [2.05, 4.69) is 25.2 Å². The zero-order valence-corrected chi connectivity index (χ0v) is 7.77. The van der Waals surface area contributed by atoms with Crippen LogP contribution >= 0.6 is 0 Å². The molecule has 2 aliphatic rings. The fourth-order valence-electron chi connectivity index (χ4n) is 2.05. The predicted molar refractivity (Wildman–Crippen MR) is 53.0 cm³/mol. The van der Waals surface area contributed by atoms with Crippen LogP contribution in [0.4, 0.5) is 0 Å². The Hall–Kier alpha value is -0.780. The summed E-state index contributed by atoms with van der Waals surface area (Å²) in [5.41, 5.74) is 4.60. The van der Waals surface area contributed by atoms with Crippen LogP contribution in [-0.2, 0) is 0 Å². The Labute approximate surface area is 74.7 Å². The zero-order valence-electron chi connectivity index (χ0n) is 7.77. The number of allylic oxidation sites excluding steroid dienone is 6. The van der Waals surface area contributed by atoms with Crippen LogP contribution in [0.3, 0.4) is 0 Å². The summed E-state index contributed by atoms with van der Waals surface area (Å²) >= 11 is 0. The van der Waals surface area contributed by atoms with E-state index in [1.807, 2.05) is 0 Å². The number of rotatable bonds is 0. The van der Waals surface area contributed by atoms with E-state index in [-0.39, 0.29) is 0 Å². The molecule has 0 aromatic carbocycles. The van der Waals surface area contributed by atoms with Crippen molar-refractivity contribution in [1.82, 2.24) is 0 Å². The Bertz CT molecular complexity index is 256. The number of hydrogen-bond donors (Lipinski definition) is 0. The lowest BCUT2D eigenvalue weighted by atomic mass is 9.91. The van der Waals surface area contributed by atoms with Crippen LogP contribution in [0.1, 0.15) is 39.0 Å². The van der Waals surface area contributed by atoms with Gasteiger partial charge in [0.1, 0.15) is 0 Å². The van der Waals surface area contributed by atoms with Gasteiger partial charge < -0.3 is 0 Å². The molecule has 0 aromatic rings. The molecule has 0 heterocycles. The first-order valence-corrected chi connectivity index (χ1v) is 4.95. The molecule has 0 saturated heterocycles. The van der Waals surface area contributed by atoms with Crippen LogP contribution in [0, 0.1) is 0 Å². The van der Waals surface area contributed by atoms with Gasteiger partial charge in [-0.05, 0) is 38.2 Å². The van der Waals surface area contributed by atoms with Gasteiger partial charge in [-0.25, -0.2) is 0 Å². The summed E-state index contributed by atoms with van der Waals surface area (Å²) in [6.07, 6.45) is 13.7. The van der Waals surface area contributed by atoms with E-state index in [0.29, 0.717) is 0 Å². The van der Waals surface area contributed by atoms with Crippen molar-refractivity contribution in [3.05, 3.63) is 34.9 Å². The largest absolute Gasteiger partial charge is 0.0630 e.